The average Bonchev–Trinajstić information content (AvgIpc) is 2.12. The van der Waals surface area contributed by atoms with Crippen LogP contribution < -0.4 is 0 Å². The van der Waals surface area contributed by atoms with Crippen molar-refractivity contribution in [2.75, 3.05) is 0 Å². The van der Waals surface area contributed by atoms with Gasteiger partial charge in [-0.05, 0) is 0 Å². The first-order chi connectivity index (χ1) is 4.58. The van der Waals surface area contributed by atoms with Crippen LogP contribution >= 0.6 is 11.6 Å². The van der Waals surface area contributed by atoms with E-state index in [-0.39, 0.29) is 19.6 Å². The van der Waals surface area contributed by atoms with Crippen molar-refractivity contribution in [3.05, 3.63) is 10.6 Å². The topological polar surface area (TPSA) is 25.8 Å². The first-order valence-electron chi connectivity index (χ1n) is 3.03. The molecule has 0 spiro atoms. The van der Waals surface area contributed by atoms with E-state index in [2.05, 4.69) is 14.1 Å². The second kappa shape index (κ2) is 3.04. The summed E-state index contributed by atoms with van der Waals surface area (Å²) in [5, 5.41) is 3.95. The van der Waals surface area contributed by atoms with Gasteiger partial charge in [0, 0.05) is 0 Å². The van der Waals surface area contributed by atoms with E-state index in [9.17, 15) is 0 Å². The summed E-state index contributed by atoms with van der Waals surface area (Å²) in [6.45, 7) is 3.96. The molecular weight excluding hydrogens is 214 g/mol. The molecule has 0 aliphatic carbocycles. The normalized spacial score (nSPS) is 11.9. The summed E-state index contributed by atoms with van der Waals surface area (Å²) < 4.78 is 3.89. The molecule has 0 amide bonds. The number of hydrogen-bond donors (Lipinski definition) is 0. The minimum atomic E-state index is -0.175. The van der Waals surface area contributed by atoms with Gasteiger partial charge in [0.15, 0.2) is 0 Å². The number of rotatable bonds is 2. The predicted octanol–water partition coefficient (Wildman–Crippen LogP) is 1.09. The molecule has 2 nitrogen and oxygen atoms in total. The number of hydrogen-bond acceptors (Lipinski definition) is 2. The van der Waals surface area contributed by atoms with Gasteiger partial charge in [-0.25, -0.2) is 0 Å². The predicted molar refractivity (Wildman–Crippen MR) is 42.6 cm³/mol. The summed E-state index contributed by atoms with van der Waals surface area (Å²) in [5.41, 5.74) is 1.04. The van der Waals surface area contributed by atoms with Gasteiger partial charge in [0.25, 0.3) is 0 Å². The van der Waals surface area contributed by atoms with Crippen molar-refractivity contribution in [2.45, 2.75) is 25.1 Å². The van der Waals surface area contributed by atoms with E-state index < -0.39 is 0 Å². The Kier molecular flexibility index (Phi) is 2.50. The molecular formula is C6H9ClN2Se. The van der Waals surface area contributed by atoms with Gasteiger partial charge in [0.2, 0.25) is 0 Å². The average molecular weight is 224 g/mol. The molecule has 0 aliphatic rings. The van der Waals surface area contributed by atoms with Crippen LogP contribution in [0.2, 0.25) is 0 Å². The van der Waals surface area contributed by atoms with Crippen LogP contribution in [-0.4, -0.2) is 28.8 Å². The Morgan fingerprint density at radius 2 is 2.40 bits per heavy atom. The van der Waals surface area contributed by atoms with E-state index >= 15 is 0 Å². The zero-order valence-corrected chi connectivity index (χ0v) is 8.43. The second-order valence-corrected chi connectivity index (χ2v) is 5.09. The van der Waals surface area contributed by atoms with Crippen LogP contribution in [0.4, 0.5) is 0 Å². The van der Waals surface area contributed by atoms with Crippen molar-refractivity contribution in [2.24, 2.45) is 0 Å². The molecule has 0 bridgehead atoms. The molecule has 0 saturated heterocycles. The van der Waals surface area contributed by atoms with Gasteiger partial charge < -0.3 is 0 Å². The summed E-state index contributed by atoms with van der Waals surface area (Å²) in [7, 11) is 0. The standard InChI is InChI=1S/C6H9ClN2Se/c1-6(2,7)3-5-4-10-9-8-5/h4H,3H2,1-2H3. The summed E-state index contributed by atoms with van der Waals surface area (Å²) in [6, 6.07) is 0. The van der Waals surface area contributed by atoms with Crippen LogP contribution in [0.15, 0.2) is 4.94 Å². The fourth-order valence-electron chi connectivity index (χ4n) is 0.692. The zero-order valence-electron chi connectivity index (χ0n) is 5.97. The molecule has 1 aromatic rings. The summed E-state index contributed by atoms with van der Waals surface area (Å²) in [4.78, 5) is 1.89. The number of alkyl halides is 1. The van der Waals surface area contributed by atoms with Crippen LogP contribution in [0.5, 0.6) is 0 Å². The molecule has 1 rings (SSSR count). The SMILES string of the molecule is CC(C)(Cl)Cc1c[se]nn1. The Morgan fingerprint density at radius 1 is 1.70 bits per heavy atom. The van der Waals surface area contributed by atoms with Crippen molar-refractivity contribution in [1.29, 1.82) is 0 Å². The second-order valence-electron chi connectivity index (χ2n) is 2.79. The van der Waals surface area contributed by atoms with E-state index in [1.165, 1.54) is 0 Å². The van der Waals surface area contributed by atoms with Crippen LogP contribution in [-0.2, 0) is 6.42 Å². The van der Waals surface area contributed by atoms with E-state index in [0.717, 1.165) is 12.1 Å². The van der Waals surface area contributed by atoms with E-state index in [1.54, 1.807) is 0 Å². The molecule has 0 saturated carbocycles. The van der Waals surface area contributed by atoms with E-state index in [4.69, 9.17) is 11.6 Å². The van der Waals surface area contributed by atoms with Crippen LogP contribution in [0.25, 0.3) is 0 Å². The Morgan fingerprint density at radius 3 is 2.80 bits per heavy atom. The molecule has 1 heterocycles. The monoisotopic (exact) mass is 224 g/mol. The van der Waals surface area contributed by atoms with E-state index in [0.29, 0.717) is 0 Å². The number of nitrogens with zero attached hydrogens (tertiary/aromatic N) is 2. The minimum absolute atomic E-state index is 0.175. The molecule has 56 valence electrons. The molecule has 0 unspecified atom stereocenters. The van der Waals surface area contributed by atoms with Crippen LogP contribution in [0.1, 0.15) is 19.5 Å². The first-order valence-corrected chi connectivity index (χ1v) is 5.16. The molecule has 0 N–H and O–H groups in total. The quantitative estimate of drug-likeness (QED) is 0.554. The Hall–Kier alpha value is 0.149. The molecule has 0 aliphatic heterocycles. The molecule has 4 heteroatoms. The van der Waals surface area contributed by atoms with Gasteiger partial charge in [0.1, 0.15) is 0 Å². The Labute approximate surface area is 71.6 Å². The summed E-state index contributed by atoms with van der Waals surface area (Å²) >= 11 is 6.23. The third-order valence-corrected chi connectivity index (χ3v) is 2.30. The fourth-order valence-corrected chi connectivity index (χ4v) is 1.78. The van der Waals surface area contributed by atoms with Crippen LogP contribution in [0.3, 0.4) is 0 Å². The van der Waals surface area contributed by atoms with Crippen molar-refractivity contribution >= 4 is 26.3 Å². The maximum atomic E-state index is 5.98. The van der Waals surface area contributed by atoms with Crippen LogP contribution in [0, 0.1) is 0 Å². The molecule has 0 radical (unpaired) electrons. The number of aromatic nitrogens is 2. The molecule has 0 atom stereocenters. The van der Waals surface area contributed by atoms with Gasteiger partial charge in [-0.2, -0.15) is 0 Å². The molecule has 1 aromatic heterocycles. The molecule has 0 aromatic carbocycles. The van der Waals surface area contributed by atoms with E-state index in [1.807, 2.05) is 13.8 Å². The van der Waals surface area contributed by atoms with Gasteiger partial charge in [-0.15, -0.1) is 0 Å². The molecule has 10 heavy (non-hydrogen) atoms. The Bertz CT molecular complexity index is 190. The molecule has 0 fully saturated rings. The van der Waals surface area contributed by atoms with Crippen molar-refractivity contribution in [1.82, 2.24) is 9.19 Å². The van der Waals surface area contributed by atoms with Crippen molar-refractivity contribution in [3.8, 4) is 0 Å². The third kappa shape index (κ3) is 2.82. The van der Waals surface area contributed by atoms with Gasteiger partial charge in [-0.1, -0.05) is 0 Å². The van der Waals surface area contributed by atoms with Gasteiger partial charge in [0.05, 0.1) is 0 Å². The summed E-state index contributed by atoms with van der Waals surface area (Å²) in [5.74, 6) is 0. The van der Waals surface area contributed by atoms with Gasteiger partial charge in [-0.3, -0.25) is 0 Å². The zero-order chi connectivity index (χ0) is 7.61. The third-order valence-electron chi connectivity index (χ3n) is 1.01. The fraction of sp³-hybridized carbons (Fsp3) is 0.667. The summed E-state index contributed by atoms with van der Waals surface area (Å²) in [6.07, 6.45) is 0.819. The van der Waals surface area contributed by atoms with Crippen molar-refractivity contribution in [3.63, 3.8) is 0 Å². The van der Waals surface area contributed by atoms with Crippen molar-refractivity contribution < 1.29 is 0 Å². The number of halogens is 1. The first kappa shape index (κ1) is 8.25. The van der Waals surface area contributed by atoms with Gasteiger partial charge >= 0.3 is 71.3 Å². The Balaban J connectivity index is 2.57. The maximum absolute atomic E-state index is 5.98.